The summed E-state index contributed by atoms with van der Waals surface area (Å²) in [5.41, 5.74) is 4.41. The average molecular weight is 452 g/mol. The highest BCUT2D eigenvalue weighted by molar-refractivity contribution is 5.95. The lowest BCUT2D eigenvalue weighted by atomic mass is 10.1. The van der Waals surface area contributed by atoms with E-state index in [0.717, 1.165) is 23.8 Å². The van der Waals surface area contributed by atoms with Crippen LogP contribution in [0.25, 0.3) is 0 Å². The van der Waals surface area contributed by atoms with Crippen molar-refractivity contribution >= 4 is 17.8 Å². The molecule has 0 aliphatic heterocycles. The van der Waals surface area contributed by atoms with Crippen molar-refractivity contribution < 1.29 is 32.3 Å². The first-order chi connectivity index (χ1) is 15.0. The summed E-state index contributed by atoms with van der Waals surface area (Å²) in [7, 11) is 0. The second kappa shape index (κ2) is 11.0. The Morgan fingerprint density at radius 1 is 1.00 bits per heavy atom. The van der Waals surface area contributed by atoms with Gasteiger partial charge in [-0.15, -0.1) is 0 Å². The maximum absolute atomic E-state index is 12.7. The number of halogens is 3. The number of rotatable bonds is 7. The van der Waals surface area contributed by atoms with E-state index in [9.17, 15) is 27.6 Å². The van der Waals surface area contributed by atoms with Gasteiger partial charge >= 0.3 is 12.2 Å². The zero-order chi connectivity index (χ0) is 23.7. The summed E-state index contributed by atoms with van der Waals surface area (Å²) in [5.74, 6) is -1.49. The van der Waals surface area contributed by atoms with E-state index in [4.69, 9.17) is 4.74 Å². The van der Waals surface area contributed by atoms with Gasteiger partial charge in [0.2, 0.25) is 0 Å². The van der Waals surface area contributed by atoms with E-state index in [2.05, 4.69) is 21.5 Å². The van der Waals surface area contributed by atoms with Crippen molar-refractivity contribution in [3.05, 3.63) is 65.2 Å². The van der Waals surface area contributed by atoms with Crippen molar-refractivity contribution in [2.24, 2.45) is 0 Å². The quantitative estimate of drug-likeness (QED) is 0.485. The van der Waals surface area contributed by atoms with Gasteiger partial charge in [0.1, 0.15) is 5.75 Å². The number of hydrogen-bond acceptors (Lipinski definition) is 4. The highest BCUT2D eigenvalue weighted by atomic mass is 19.4. The first kappa shape index (κ1) is 24.5. The zero-order valence-corrected chi connectivity index (χ0v) is 17.4. The molecule has 172 valence electrons. The Kier molecular flexibility index (Phi) is 8.45. The molecular weight excluding hydrogens is 429 g/mol. The van der Waals surface area contributed by atoms with Gasteiger partial charge in [0.25, 0.3) is 11.8 Å². The third-order valence-electron chi connectivity index (χ3n) is 3.94. The van der Waals surface area contributed by atoms with Crippen LogP contribution < -0.4 is 26.2 Å². The molecule has 0 atom stereocenters. The molecule has 0 aliphatic rings. The fourth-order valence-corrected chi connectivity index (χ4v) is 2.42. The third kappa shape index (κ3) is 8.17. The van der Waals surface area contributed by atoms with Gasteiger partial charge in [-0.1, -0.05) is 18.2 Å². The smallest absolute Gasteiger partial charge is 0.416 e. The molecule has 2 rings (SSSR count). The van der Waals surface area contributed by atoms with E-state index >= 15 is 0 Å². The molecule has 8 nitrogen and oxygen atoms in total. The molecule has 0 heterocycles. The predicted octanol–water partition coefficient (Wildman–Crippen LogP) is 2.75. The Morgan fingerprint density at radius 2 is 1.69 bits per heavy atom. The van der Waals surface area contributed by atoms with Gasteiger partial charge in [0.05, 0.1) is 5.56 Å². The molecule has 0 aromatic heterocycles. The number of nitrogens with one attached hydrogen (secondary N) is 4. The Balaban J connectivity index is 1.77. The lowest BCUT2D eigenvalue weighted by Gasteiger charge is -2.11. The van der Waals surface area contributed by atoms with E-state index in [1.807, 2.05) is 13.8 Å². The Hall–Kier alpha value is -3.76. The lowest BCUT2D eigenvalue weighted by molar-refractivity contribution is -0.137. The lowest BCUT2D eigenvalue weighted by Crippen LogP contribution is -2.43. The van der Waals surface area contributed by atoms with Crippen molar-refractivity contribution in [1.82, 2.24) is 21.5 Å². The molecule has 4 amide bonds. The number of carbonyl (C=O) groups excluding carboxylic acids is 3. The highest BCUT2D eigenvalue weighted by Gasteiger charge is 2.30. The number of carbonyl (C=O) groups is 3. The number of alkyl halides is 3. The van der Waals surface area contributed by atoms with Crippen LogP contribution in [0.4, 0.5) is 18.0 Å². The maximum atomic E-state index is 12.7. The third-order valence-corrected chi connectivity index (χ3v) is 3.94. The average Bonchev–Trinajstić information content (AvgIpc) is 2.74. The van der Waals surface area contributed by atoms with Gasteiger partial charge < -0.3 is 15.4 Å². The Labute approximate surface area is 182 Å². The SMILES string of the molecule is CC(C)NC(=O)NCc1ccc(C(=O)NNC(=O)COc2cccc(C(F)(F)F)c2)cc1. The van der Waals surface area contributed by atoms with Crippen molar-refractivity contribution in [3.63, 3.8) is 0 Å². The molecule has 2 aromatic carbocycles. The number of hydrazine groups is 1. The highest BCUT2D eigenvalue weighted by Crippen LogP contribution is 2.31. The van der Waals surface area contributed by atoms with Crippen LogP contribution in [0.2, 0.25) is 0 Å². The molecule has 2 aromatic rings. The van der Waals surface area contributed by atoms with Crippen LogP contribution in [-0.2, 0) is 17.5 Å². The second-order valence-corrected chi connectivity index (χ2v) is 7.00. The standard InChI is InChI=1S/C21H23F3N4O4/c1-13(2)26-20(31)25-11-14-6-8-15(9-7-14)19(30)28-27-18(29)12-32-17-5-3-4-16(10-17)21(22,23)24/h3-10,13H,11-12H2,1-2H3,(H,27,29)(H,28,30)(H2,25,26,31). The topological polar surface area (TPSA) is 109 Å². The van der Waals surface area contributed by atoms with Crippen LogP contribution in [0.5, 0.6) is 5.75 Å². The minimum atomic E-state index is -4.53. The van der Waals surface area contributed by atoms with Crippen LogP contribution in [-0.4, -0.2) is 30.5 Å². The largest absolute Gasteiger partial charge is 0.484 e. The molecule has 32 heavy (non-hydrogen) atoms. The molecule has 0 saturated carbocycles. The fourth-order valence-electron chi connectivity index (χ4n) is 2.42. The Morgan fingerprint density at radius 3 is 2.31 bits per heavy atom. The van der Waals surface area contributed by atoms with Crippen LogP contribution in [0.3, 0.4) is 0 Å². The molecule has 0 unspecified atom stereocenters. The van der Waals surface area contributed by atoms with Gasteiger partial charge in [0, 0.05) is 18.2 Å². The van der Waals surface area contributed by atoms with Crippen LogP contribution >= 0.6 is 0 Å². The number of ether oxygens (including phenoxy) is 1. The van der Waals surface area contributed by atoms with Crippen molar-refractivity contribution in [2.45, 2.75) is 32.6 Å². The molecule has 0 saturated heterocycles. The number of hydrogen-bond donors (Lipinski definition) is 4. The first-order valence-corrected chi connectivity index (χ1v) is 9.57. The molecule has 4 N–H and O–H groups in total. The van der Waals surface area contributed by atoms with E-state index in [1.165, 1.54) is 18.2 Å². The summed E-state index contributed by atoms with van der Waals surface area (Å²) in [6.45, 7) is 3.35. The molecule has 0 fully saturated rings. The van der Waals surface area contributed by atoms with E-state index in [0.29, 0.717) is 0 Å². The summed E-state index contributed by atoms with van der Waals surface area (Å²) in [4.78, 5) is 35.5. The van der Waals surface area contributed by atoms with Gasteiger partial charge in [0.15, 0.2) is 6.61 Å². The summed E-state index contributed by atoms with van der Waals surface area (Å²) in [5, 5.41) is 5.36. The molecule has 0 aliphatic carbocycles. The van der Waals surface area contributed by atoms with E-state index in [1.54, 1.807) is 12.1 Å². The predicted molar refractivity (Wildman–Crippen MR) is 109 cm³/mol. The van der Waals surface area contributed by atoms with E-state index in [-0.39, 0.29) is 29.9 Å². The zero-order valence-electron chi connectivity index (χ0n) is 17.4. The monoisotopic (exact) mass is 452 g/mol. The summed E-state index contributed by atoms with van der Waals surface area (Å²) >= 11 is 0. The molecule has 11 heteroatoms. The molecule has 0 radical (unpaired) electrons. The second-order valence-electron chi connectivity index (χ2n) is 7.00. The van der Waals surface area contributed by atoms with Crippen molar-refractivity contribution in [2.75, 3.05) is 6.61 Å². The normalized spacial score (nSPS) is 10.9. The van der Waals surface area contributed by atoms with Crippen LogP contribution in [0, 0.1) is 0 Å². The minimum Gasteiger partial charge on any atom is -0.484 e. The first-order valence-electron chi connectivity index (χ1n) is 9.57. The minimum absolute atomic E-state index is 0.00624. The van der Waals surface area contributed by atoms with Crippen LogP contribution in [0.15, 0.2) is 48.5 Å². The number of amides is 4. The van der Waals surface area contributed by atoms with Gasteiger partial charge in [-0.05, 0) is 49.7 Å². The number of benzene rings is 2. The molecule has 0 bridgehead atoms. The summed E-state index contributed by atoms with van der Waals surface area (Å²) in [6, 6.07) is 10.1. The summed E-state index contributed by atoms with van der Waals surface area (Å²) < 4.78 is 43.1. The van der Waals surface area contributed by atoms with Crippen molar-refractivity contribution in [1.29, 1.82) is 0 Å². The molecular formula is C21H23F3N4O4. The van der Waals surface area contributed by atoms with Crippen molar-refractivity contribution in [3.8, 4) is 5.75 Å². The maximum Gasteiger partial charge on any atom is 0.416 e. The van der Waals surface area contributed by atoms with Gasteiger partial charge in [-0.25, -0.2) is 4.79 Å². The van der Waals surface area contributed by atoms with Gasteiger partial charge in [-0.2, -0.15) is 13.2 Å². The van der Waals surface area contributed by atoms with E-state index < -0.39 is 30.2 Å². The fraction of sp³-hybridized carbons (Fsp3) is 0.286. The Bertz CT molecular complexity index is 947. The number of urea groups is 1. The van der Waals surface area contributed by atoms with Gasteiger partial charge in [-0.3, -0.25) is 20.4 Å². The summed E-state index contributed by atoms with van der Waals surface area (Å²) in [6.07, 6.45) is -4.53. The van der Waals surface area contributed by atoms with Crippen LogP contribution in [0.1, 0.15) is 35.3 Å². The molecule has 0 spiro atoms.